The Bertz CT molecular complexity index is 1060. The van der Waals surface area contributed by atoms with Crippen LogP contribution in [-0.4, -0.2) is 48.6 Å². The number of aryl methyl sites for hydroxylation is 1. The van der Waals surface area contributed by atoms with E-state index < -0.39 is 0 Å². The SMILES string of the molecule is Cc1ccc(SCC(=O)Nc2ccccc2C(=O)N2CCN(c3ccccc3)CC2)cc1. The maximum Gasteiger partial charge on any atom is 0.256 e. The van der Waals surface area contributed by atoms with Gasteiger partial charge in [0.25, 0.3) is 5.91 Å². The monoisotopic (exact) mass is 445 g/mol. The molecule has 4 rings (SSSR count). The molecule has 0 saturated carbocycles. The minimum Gasteiger partial charge on any atom is -0.368 e. The van der Waals surface area contributed by atoms with Gasteiger partial charge >= 0.3 is 0 Å². The third-order valence-electron chi connectivity index (χ3n) is 5.51. The van der Waals surface area contributed by atoms with E-state index >= 15 is 0 Å². The number of benzene rings is 3. The number of thioether (sulfide) groups is 1. The summed E-state index contributed by atoms with van der Waals surface area (Å²) < 4.78 is 0. The molecule has 1 aliphatic heterocycles. The number of amides is 2. The van der Waals surface area contributed by atoms with Gasteiger partial charge in [0.05, 0.1) is 17.0 Å². The first-order valence-electron chi connectivity index (χ1n) is 10.8. The predicted molar refractivity (Wildman–Crippen MR) is 132 cm³/mol. The van der Waals surface area contributed by atoms with Crippen molar-refractivity contribution in [3.8, 4) is 0 Å². The predicted octanol–water partition coefficient (Wildman–Crippen LogP) is 4.69. The number of rotatable bonds is 6. The van der Waals surface area contributed by atoms with Gasteiger partial charge in [-0.25, -0.2) is 0 Å². The number of anilines is 2. The van der Waals surface area contributed by atoms with E-state index in [9.17, 15) is 9.59 Å². The largest absolute Gasteiger partial charge is 0.368 e. The van der Waals surface area contributed by atoms with Gasteiger partial charge in [0.1, 0.15) is 0 Å². The standard InChI is InChI=1S/C26H27N3O2S/c1-20-11-13-22(14-12-20)32-19-25(30)27-24-10-6-5-9-23(24)26(31)29-17-15-28(16-18-29)21-7-3-2-4-8-21/h2-14H,15-19H2,1H3,(H,27,30). The van der Waals surface area contributed by atoms with Crippen LogP contribution in [-0.2, 0) is 4.79 Å². The zero-order valence-corrected chi connectivity index (χ0v) is 19.0. The van der Waals surface area contributed by atoms with Crippen LogP contribution in [0, 0.1) is 6.92 Å². The Labute approximate surface area is 193 Å². The second-order valence-corrected chi connectivity index (χ2v) is 8.86. The Morgan fingerprint density at radius 1 is 0.844 bits per heavy atom. The Hall–Kier alpha value is -3.25. The van der Waals surface area contributed by atoms with E-state index in [2.05, 4.69) is 22.3 Å². The number of para-hydroxylation sites is 2. The van der Waals surface area contributed by atoms with Crippen LogP contribution in [0.25, 0.3) is 0 Å². The van der Waals surface area contributed by atoms with Crippen LogP contribution in [0.3, 0.4) is 0 Å². The Kier molecular flexibility index (Phi) is 7.12. The molecule has 1 heterocycles. The minimum absolute atomic E-state index is 0.0419. The summed E-state index contributed by atoms with van der Waals surface area (Å²) >= 11 is 1.48. The fourth-order valence-corrected chi connectivity index (χ4v) is 4.42. The van der Waals surface area contributed by atoms with Gasteiger partial charge in [-0.2, -0.15) is 0 Å². The van der Waals surface area contributed by atoms with Gasteiger partial charge < -0.3 is 15.1 Å². The molecule has 0 unspecified atom stereocenters. The molecule has 3 aromatic rings. The molecule has 0 spiro atoms. The Morgan fingerprint density at radius 2 is 1.50 bits per heavy atom. The molecule has 1 saturated heterocycles. The highest BCUT2D eigenvalue weighted by molar-refractivity contribution is 8.00. The highest BCUT2D eigenvalue weighted by Gasteiger charge is 2.24. The average molecular weight is 446 g/mol. The van der Waals surface area contributed by atoms with Gasteiger partial charge in [-0.15, -0.1) is 11.8 Å². The van der Waals surface area contributed by atoms with Crippen LogP contribution in [0.2, 0.25) is 0 Å². The van der Waals surface area contributed by atoms with Crippen molar-refractivity contribution in [2.24, 2.45) is 0 Å². The van der Waals surface area contributed by atoms with Gasteiger partial charge in [-0.1, -0.05) is 48.0 Å². The highest BCUT2D eigenvalue weighted by Crippen LogP contribution is 2.22. The number of carbonyl (C=O) groups excluding carboxylic acids is 2. The lowest BCUT2D eigenvalue weighted by atomic mass is 10.1. The molecular formula is C26H27N3O2S. The first-order chi connectivity index (χ1) is 15.6. The van der Waals surface area contributed by atoms with Crippen molar-refractivity contribution in [3.05, 3.63) is 90.0 Å². The fraction of sp³-hybridized carbons (Fsp3) is 0.231. The van der Waals surface area contributed by atoms with Gasteiger partial charge in [-0.05, 0) is 43.3 Å². The van der Waals surface area contributed by atoms with E-state index in [-0.39, 0.29) is 11.8 Å². The zero-order chi connectivity index (χ0) is 22.3. The maximum atomic E-state index is 13.2. The number of hydrogen-bond donors (Lipinski definition) is 1. The summed E-state index contributed by atoms with van der Waals surface area (Å²) in [6.07, 6.45) is 0. The molecule has 0 atom stereocenters. The topological polar surface area (TPSA) is 52.7 Å². The summed E-state index contributed by atoms with van der Waals surface area (Å²) in [4.78, 5) is 31.0. The first-order valence-corrected chi connectivity index (χ1v) is 11.8. The maximum absolute atomic E-state index is 13.2. The van der Waals surface area contributed by atoms with Gasteiger partial charge in [-0.3, -0.25) is 9.59 Å². The summed E-state index contributed by atoms with van der Waals surface area (Å²) in [5.41, 5.74) is 3.47. The first kappa shape index (κ1) is 22.0. The van der Waals surface area contributed by atoms with Crippen molar-refractivity contribution in [1.82, 2.24) is 4.90 Å². The molecule has 2 amide bonds. The summed E-state index contributed by atoms with van der Waals surface area (Å²) in [7, 11) is 0. The molecular weight excluding hydrogens is 418 g/mol. The molecule has 0 bridgehead atoms. The molecule has 1 aliphatic rings. The molecule has 0 aliphatic carbocycles. The van der Waals surface area contributed by atoms with Crippen molar-refractivity contribution in [2.75, 3.05) is 42.1 Å². The Morgan fingerprint density at radius 3 is 2.22 bits per heavy atom. The van der Waals surface area contributed by atoms with Crippen LogP contribution in [0.15, 0.2) is 83.8 Å². The number of nitrogens with zero attached hydrogens (tertiary/aromatic N) is 2. The number of carbonyl (C=O) groups is 2. The second kappa shape index (κ2) is 10.4. The van der Waals surface area contributed by atoms with Crippen LogP contribution in [0.5, 0.6) is 0 Å². The van der Waals surface area contributed by atoms with E-state index in [1.54, 1.807) is 12.1 Å². The van der Waals surface area contributed by atoms with E-state index in [4.69, 9.17) is 0 Å². The smallest absolute Gasteiger partial charge is 0.256 e. The van der Waals surface area contributed by atoms with Gasteiger partial charge in [0.2, 0.25) is 5.91 Å². The summed E-state index contributed by atoms with van der Waals surface area (Å²) in [6.45, 7) is 4.92. The number of piperazine rings is 1. The van der Waals surface area contributed by atoms with Crippen molar-refractivity contribution in [1.29, 1.82) is 0 Å². The normalized spacial score (nSPS) is 13.7. The minimum atomic E-state index is -0.121. The third-order valence-corrected chi connectivity index (χ3v) is 6.52. The average Bonchev–Trinajstić information content (AvgIpc) is 2.84. The van der Waals surface area contributed by atoms with Crippen LogP contribution in [0.4, 0.5) is 11.4 Å². The molecule has 6 heteroatoms. The van der Waals surface area contributed by atoms with Crippen molar-refractivity contribution < 1.29 is 9.59 Å². The molecule has 0 radical (unpaired) electrons. The molecule has 3 aromatic carbocycles. The molecule has 5 nitrogen and oxygen atoms in total. The molecule has 0 aromatic heterocycles. The fourth-order valence-electron chi connectivity index (χ4n) is 3.73. The lowest BCUT2D eigenvalue weighted by Crippen LogP contribution is -2.48. The van der Waals surface area contributed by atoms with Crippen molar-refractivity contribution in [3.63, 3.8) is 0 Å². The molecule has 164 valence electrons. The zero-order valence-electron chi connectivity index (χ0n) is 18.2. The quantitative estimate of drug-likeness (QED) is 0.560. The highest BCUT2D eigenvalue weighted by atomic mass is 32.2. The second-order valence-electron chi connectivity index (χ2n) is 7.81. The molecule has 1 N–H and O–H groups in total. The lowest BCUT2D eigenvalue weighted by molar-refractivity contribution is -0.113. The van der Waals surface area contributed by atoms with Gasteiger partial charge in [0.15, 0.2) is 0 Å². The summed E-state index contributed by atoms with van der Waals surface area (Å²) in [5.74, 6) is 0.131. The van der Waals surface area contributed by atoms with Crippen LogP contribution in [0.1, 0.15) is 15.9 Å². The van der Waals surface area contributed by atoms with Crippen molar-refractivity contribution in [2.45, 2.75) is 11.8 Å². The third kappa shape index (κ3) is 5.51. The van der Waals surface area contributed by atoms with Crippen LogP contribution >= 0.6 is 11.8 Å². The van der Waals surface area contributed by atoms with E-state index in [0.717, 1.165) is 18.0 Å². The van der Waals surface area contributed by atoms with E-state index in [1.807, 2.05) is 66.4 Å². The summed E-state index contributed by atoms with van der Waals surface area (Å²) in [5, 5.41) is 2.93. The Balaban J connectivity index is 1.36. The van der Waals surface area contributed by atoms with Crippen LogP contribution < -0.4 is 10.2 Å². The summed E-state index contributed by atoms with van der Waals surface area (Å²) in [6, 6.07) is 25.6. The van der Waals surface area contributed by atoms with Crippen molar-refractivity contribution >= 4 is 35.0 Å². The molecule has 1 fully saturated rings. The van der Waals surface area contributed by atoms with E-state index in [0.29, 0.717) is 30.1 Å². The number of nitrogens with one attached hydrogen (secondary N) is 1. The number of hydrogen-bond acceptors (Lipinski definition) is 4. The lowest BCUT2D eigenvalue weighted by Gasteiger charge is -2.36. The van der Waals surface area contributed by atoms with E-state index in [1.165, 1.54) is 23.0 Å². The van der Waals surface area contributed by atoms with Gasteiger partial charge in [0, 0.05) is 36.8 Å². The molecule has 32 heavy (non-hydrogen) atoms.